The molecule has 0 aliphatic heterocycles. The van der Waals surface area contributed by atoms with Crippen LogP contribution in [0.25, 0.3) is 0 Å². The normalized spacial score (nSPS) is 24.1. The van der Waals surface area contributed by atoms with Gasteiger partial charge < -0.3 is 5.32 Å². The number of benzene rings is 1. The van der Waals surface area contributed by atoms with Gasteiger partial charge in [0, 0.05) is 12.0 Å². The molecule has 0 bridgehead atoms. The molecule has 1 spiro atoms. The molecule has 2 aliphatic carbocycles. The number of rotatable bonds is 3. The Morgan fingerprint density at radius 3 is 2.29 bits per heavy atom. The van der Waals surface area contributed by atoms with E-state index in [9.17, 15) is 4.39 Å². The fourth-order valence-electron chi connectivity index (χ4n) is 3.99. The molecule has 1 nitrogen and oxygen atoms in total. The van der Waals surface area contributed by atoms with Crippen molar-refractivity contribution in [2.45, 2.75) is 37.5 Å². The van der Waals surface area contributed by atoms with Gasteiger partial charge in [0.25, 0.3) is 0 Å². The highest BCUT2D eigenvalue weighted by Gasteiger charge is 2.56. The fourth-order valence-corrected chi connectivity index (χ4v) is 3.99. The zero-order valence-corrected chi connectivity index (χ0v) is 10.4. The molecule has 2 fully saturated rings. The van der Waals surface area contributed by atoms with Gasteiger partial charge in [-0.2, -0.15) is 0 Å². The van der Waals surface area contributed by atoms with Gasteiger partial charge in [-0.05, 0) is 55.8 Å². The molecule has 0 aromatic heterocycles. The lowest BCUT2D eigenvalue weighted by Crippen LogP contribution is -2.57. The average molecular weight is 233 g/mol. The van der Waals surface area contributed by atoms with Crippen molar-refractivity contribution in [2.24, 2.45) is 5.41 Å². The second-order valence-electron chi connectivity index (χ2n) is 6.02. The summed E-state index contributed by atoms with van der Waals surface area (Å²) in [5.41, 5.74) is 2.22. The smallest absolute Gasteiger partial charge is 0.123 e. The van der Waals surface area contributed by atoms with Gasteiger partial charge in [-0.3, -0.25) is 0 Å². The van der Waals surface area contributed by atoms with Gasteiger partial charge in [-0.1, -0.05) is 18.6 Å². The lowest BCUT2D eigenvalue weighted by Gasteiger charge is -2.61. The minimum absolute atomic E-state index is 0.133. The van der Waals surface area contributed by atoms with E-state index >= 15 is 0 Å². The zero-order valence-electron chi connectivity index (χ0n) is 10.4. The van der Waals surface area contributed by atoms with Crippen LogP contribution in [0.15, 0.2) is 24.3 Å². The van der Waals surface area contributed by atoms with Gasteiger partial charge >= 0.3 is 0 Å². The molecule has 2 saturated carbocycles. The van der Waals surface area contributed by atoms with Crippen LogP contribution in [0.1, 0.15) is 37.7 Å². The van der Waals surface area contributed by atoms with Crippen molar-refractivity contribution in [1.29, 1.82) is 0 Å². The predicted molar refractivity (Wildman–Crippen MR) is 67.5 cm³/mol. The summed E-state index contributed by atoms with van der Waals surface area (Å²) in [6.45, 7) is 1.01. The van der Waals surface area contributed by atoms with Crippen LogP contribution in [0.3, 0.4) is 0 Å². The van der Waals surface area contributed by atoms with E-state index in [1.165, 1.54) is 37.7 Å². The molecule has 3 rings (SSSR count). The lowest BCUT2D eigenvalue weighted by molar-refractivity contribution is -0.0475. The van der Waals surface area contributed by atoms with E-state index in [1.807, 2.05) is 19.2 Å². The van der Waals surface area contributed by atoms with Gasteiger partial charge in [-0.25, -0.2) is 4.39 Å². The summed E-state index contributed by atoms with van der Waals surface area (Å²) in [5.74, 6) is -0.133. The van der Waals surface area contributed by atoms with Crippen LogP contribution >= 0.6 is 0 Å². The van der Waals surface area contributed by atoms with E-state index in [0.29, 0.717) is 5.41 Å². The maximum Gasteiger partial charge on any atom is 0.123 e. The second-order valence-corrected chi connectivity index (χ2v) is 6.02. The molecule has 0 amide bonds. The van der Waals surface area contributed by atoms with Gasteiger partial charge in [0.15, 0.2) is 0 Å². The van der Waals surface area contributed by atoms with Gasteiger partial charge in [0.1, 0.15) is 5.82 Å². The number of halogens is 1. The molecule has 1 aromatic rings. The van der Waals surface area contributed by atoms with E-state index in [1.54, 1.807) is 12.1 Å². The summed E-state index contributed by atoms with van der Waals surface area (Å²) in [6, 6.07) is 7.13. The van der Waals surface area contributed by atoms with Crippen molar-refractivity contribution in [3.05, 3.63) is 35.6 Å². The molecule has 0 unspecified atom stereocenters. The Labute approximate surface area is 102 Å². The van der Waals surface area contributed by atoms with Crippen LogP contribution in [0.2, 0.25) is 0 Å². The van der Waals surface area contributed by atoms with E-state index in [0.717, 1.165) is 6.54 Å². The predicted octanol–water partition coefficient (Wildman–Crippen LogP) is 3.25. The molecular formula is C15H20FN. The third-order valence-corrected chi connectivity index (χ3v) is 4.81. The summed E-state index contributed by atoms with van der Waals surface area (Å²) >= 11 is 0. The lowest BCUT2D eigenvalue weighted by atomic mass is 9.44. The van der Waals surface area contributed by atoms with Crippen molar-refractivity contribution in [2.75, 3.05) is 13.6 Å². The van der Waals surface area contributed by atoms with Crippen LogP contribution in [-0.4, -0.2) is 13.6 Å². The SMILES string of the molecule is CNCC1(c2ccc(F)cc2)CC2(CCC2)C1. The Morgan fingerprint density at radius 2 is 1.82 bits per heavy atom. The molecule has 1 aromatic carbocycles. The summed E-state index contributed by atoms with van der Waals surface area (Å²) in [7, 11) is 2.01. The first-order chi connectivity index (χ1) is 8.18. The van der Waals surface area contributed by atoms with Crippen LogP contribution in [0.4, 0.5) is 4.39 Å². The topological polar surface area (TPSA) is 12.0 Å². The molecular weight excluding hydrogens is 213 g/mol. The molecule has 2 aliphatic rings. The first kappa shape index (κ1) is 11.2. The molecule has 0 saturated heterocycles. The van der Waals surface area contributed by atoms with Crippen LogP contribution in [0.5, 0.6) is 0 Å². The quantitative estimate of drug-likeness (QED) is 0.845. The minimum Gasteiger partial charge on any atom is -0.319 e. The Kier molecular flexibility index (Phi) is 2.51. The largest absolute Gasteiger partial charge is 0.319 e. The van der Waals surface area contributed by atoms with Crippen molar-refractivity contribution in [1.82, 2.24) is 5.32 Å². The molecule has 92 valence electrons. The van der Waals surface area contributed by atoms with Crippen molar-refractivity contribution >= 4 is 0 Å². The molecule has 17 heavy (non-hydrogen) atoms. The summed E-state index contributed by atoms with van der Waals surface area (Å²) in [4.78, 5) is 0. The maximum absolute atomic E-state index is 13.0. The first-order valence-electron chi connectivity index (χ1n) is 6.59. The summed E-state index contributed by atoms with van der Waals surface area (Å²) in [6.07, 6.45) is 6.78. The highest BCUT2D eigenvalue weighted by molar-refractivity contribution is 5.32. The van der Waals surface area contributed by atoms with E-state index in [4.69, 9.17) is 0 Å². The van der Waals surface area contributed by atoms with Crippen molar-refractivity contribution < 1.29 is 4.39 Å². The standard InChI is InChI=1S/C15H20FN/c1-17-11-15(9-14(10-15)7-2-8-14)12-3-5-13(16)6-4-12/h3-6,17H,2,7-11H2,1H3. The third kappa shape index (κ3) is 1.70. The monoisotopic (exact) mass is 233 g/mol. The molecule has 0 heterocycles. The first-order valence-corrected chi connectivity index (χ1v) is 6.59. The number of likely N-dealkylation sites (N-methyl/N-ethyl adjacent to an activating group) is 1. The maximum atomic E-state index is 13.0. The van der Waals surface area contributed by atoms with Gasteiger partial charge in [0.05, 0.1) is 0 Å². The Morgan fingerprint density at radius 1 is 1.18 bits per heavy atom. The molecule has 1 N–H and O–H groups in total. The van der Waals surface area contributed by atoms with E-state index in [2.05, 4.69) is 5.32 Å². The van der Waals surface area contributed by atoms with E-state index < -0.39 is 0 Å². The number of hydrogen-bond donors (Lipinski definition) is 1. The van der Waals surface area contributed by atoms with Crippen LogP contribution < -0.4 is 5.32 Å². The Bertz CT molecular complexity index is 397. The van der Waals surface area contributed by atoms with Gasteiger partial charge in [0.2, 0.25) is 0 Å². The highest BCUT2D eigenvalue weighted by atomic mass is 19.1. The number of nitrogens with one attached hydrogen (secondary N) is 1. The van der Waals surface area contributed by atoms with Crippen molar-refractivity contribution in [3.63, 3.8) is 0 Å². The zero-order chi connectivity index (χ0) is 11.9. The molecule has 0 radical (unpaired) electrons. The Hall–Kier alpha value is -0.890. The Balaban J connectivity index is 1.83. The molecule has 0 atom stereocenters. The summed E-state index contributed by atoms with van der Waals surface area (Å²) in [5, 5.41) is 3.32. The van der Waals surface area contributed by atoms with E-state index in [-0.39, 0.29) is 11.2 Å². The third-order valence-electron chi connectivity index (χ3n) is 4.81. The number of hydrogen-bond acceptors (Lipinski definition) is 1. The summed E-state index contributed by atoms with van der Waals surface area (Å²) < 4.78 is 13.0. The van der Waals surface area contributed by atoms with Gasteiger partial charge in [-0.15, -0.1) is 0 Å². The van der Waals surface area contributed by atoms with Crippen LogP contribution in [-0.2, 0) is 5.41 Å². The minimum atomic E-state index is -0.133. The molecule has 2 heteroatoms. The second kappa shape index (κ2) is 3.81. The van der Waals surface area contributed by atoms with Crippen molar-refractivity contribution in [3.8, 4) is 0 Å². The highest BCUT2D eigenvalue weighted by Crippen LogP contribution is 2.64. The fraction of sp³-hybridized carbons (Fsp3) is 0.600. The van der Waals surface area contributed by atoms with Crippen LogP contribution in [0, 0.1) is 11.2 Å². The average Bonchev–Trinajstić information content (AvgIpc) is 2.22.